The SMILES string of the molecule is O=S(=O)(c1ccccc1-c1cn[nH]c1)N1CCCN(c2ncccn2)CC1. The van der Waals surface area contributed by atoms with E-state index in [1.54, 1.807) is 53.4 Å². The Morgan fingerprint density at radius 2 is 1.78 bits per heavy atom. The molecule has 0 radical (unpaired) electrons. The summed E-state index contributed by atoms with van der Waals surface area (Å²) in [5.74, 6) is 0.635. The summed E-state index contributed by atoms with van der Waals surface area (Å²) in [5, 5.41) is 6.68. The molecule has 3 aromatic rings. The molecule has 4 rings (SSSR count). The van der Waals surface area contributed by atoms with Gasteiger partial charge in [-0.2, -0.15) is 9.40 Å². The largest absolute Gasteiger partial charge is 0.339 e. The van der Waals surface area contributed by atoms with Gasteiger partial charge in [-0.3, -0.25) is 5.10 Å². The van der Waals surface area contributed by atoms with E-state index in [1.165, 1.54) is 0 Å². The fourth-order valence-electron chi connectivity index (χ4n) is 3.26. The number of benzene rings is 1. The summed E-state index contributed by atoms with van der Waals surface area (Å²) in [5.41, 5.74) is 1.40. The maximum atomic E-state index is 13.3. The van der Waals surface area contributed by atoms with Crippen LogP contribution >= 0.6 is 0 Å². The third-order valence-electron chi connectivity index (χ3n) is 4.60. The van der Waals surface area contributed by atoms with E-state index in [0.717, 1.165) is 12.1 Å². The van der Waals surface area contributed by atoms with Gasteiger partial charge in [-0.15, -0.1) is 0 Å². The molecule has 1 saturated heterocycles. The number of rotatable bonds is 4. The molecule has 8 nitrogen and oxygen atoms in total. The first-order valence-corrected chi connectivity index (χ1v) is 10.2. The summed E-state index contributed by atoms with van der Waals surface area (Å²) in [7, 11) is -3.62. The van der Waals surface area contributed by atoms with Gasteiger partial charge in [0.1, 0.15) is 0 Å². The maximum absolute atomic E-state index is 13.3. The fraction of sp³-hybridized carbons (Fsp3) is 0.278. The van der Waals surface area contributed by atoms with Crippen molar-refractivity contribution in [2.45, 2.75) is 11.3 Å². The second kappa shape index (κ2) is 7.45. The lowest BCUT2D eigenvalue weighted by atomic mass is 10.1. The molecule has 1 N–H and O–H groups in total. The Bertz CT molecular complexity index is 992. The van der Waals surface area contributed by atoms with Gasteiger partial charge in [-0.25, -0.2) is 18.4 Å². The molecule has 1 aromatic carbocycles. The third-order valence-corrected chi connectivity index (χ3v) is 6.56. The van der Waals surface area contributed by atoms with Crippen LogP contribution in [0.25, 0.3) is 11.1 Å². The molecule has 0 spiro atoms. The number of hydrogen-bond donors (Lipinski definition) is 1. The minimum absolute atomic E-state index is 0.302. The van der Waals surface area contributed by atoms with Crippen molar-refractivity contribution >= 4 is 16.0 Å². The van der Waals surface area contributed by atoms with Gasteiger partial charge in [0, 0.05) is 55.9 Å². The highest BCUT2D eigenvalue weighted by atomic mass is 32.2. The van der Waals surface area contributed by atoms with Crippen LogP contribution in [0.3, 0.4) is 0 Å². The van der Waals surface area contributed by atoms with Crippen LogP contribution in [-0.4, -0.2) is 59.1 Å². The Morgan fingerprint density at radius 1 is 0.963 bits per heavy atom. The lowest BCUT2D eigenvalue weighted by Gasteiger charge is -2.22. The molecule has 9 heteroatoms. The molecule has 0 atom stereocenters. The average Bonchev–Trinajstić information content (AvgIpc) is 3.12. The van der Waals surface area contributed by atoms with Gasteiger partial charge in [0.15, 0.2) is 0 Å². The molecule has 3 heterocycles. The number of nitrogens with one attached hydrogen (secondary N) is 1. The van der Waals surface area contributed by atoms with Crippen LogP contribution in [0, 0.1) is 0 Å². The first kappa shape index (κ1) is 17.6. The Kier molecular flexibility index (Phi) is 4.87. The van der Waals surface area contributed by atoms with Crippen LogP contribution < -0.4 is 4.90 Å². The minimum atomic E-state index is -3.62. The lowest BCUT2D eigenvalue weighted by molar-refractivity contribution is 0.433. The molecule has 1 aliphatic heterocycles. The molecule has 0 bridgehead atoms. The van der Waals surface area contributed by atoms with Crippen molar-refractivity contribution in [1.29, 1.82) is 0 Å². The van der Waals surface area contributed by atoms with Gasteiger partial charge in [0.25, 0.3) is 0 Å². The summed E-state index contributed by atoms with van der Waals surface area (Å²) in [6.45, 7) is 2.13. The van der Waals surface area contributed by atoms with Crippen molar-refractivity contribution in [3.63, 3.8) is 0 Å². The first-order chi connectivity index (χ1) is 13.2. The summed E-state index contributed by atoms with van der Waals surface area (Å²) in [4.78, 5) is 10.9. The fourth-order valence-corrected chi connectivity index (χ4v) is 4.94. The Hall–Kier alpha value is -2.78. The van der Waals surface area contributed by atoms with E-state index in [2.05, 4.69) is 20.2 Å². The van der Waals surface area contributed by atoms with Crippen LogP contribution in [0.4, 0.5) is 5.95 Å². The van der Waals surface area contributed by atoms with Crippen molar-refractivity contribution in [2.24, 2.45) is 0 Å². The smallest absolute Gasteiger partial charge is 0.243 e. The standard InChI is InChI=1S/C18H20N6O2S/c25-27(26,17-6-2-1-5-16(17)15-13-21-22-14-15)24-10-4-9-23(11-12-24)18-19-7-3-8-20-18/h1-3,5-8,13-14H,4,9-12H2,(H,21,22). The van der Waals surface area contributed by atoms with Gasteiger partial charge in [-0.1, -0.05) is 18.2 Å². The molecule has 0 amide bonds. The third kappa shape index (κ3) is 3.56. The number of sulfonamides is 1. The van der Waals surface area contributed by atoms with E-state index in [1.807, 2.05) is 11.0 Å². The highest BCUT2D eigenvalue weighted by Crippen LogP contribution is 2.29. The molecular weight excluding hydrogens is 364 g/mol. The van der Waals surface area contributed by atoms with Crippen molar-refractivity contribution in [2.75, 3.05) is 31.1 Å². The zero-order valence-corrected chi connectivity index (χ0v) is 15.5. The highest BCUT2D eigenvalue weighted by molar-refractivity contribution is 7.89. The molecule has 140 valence electrons. The van der Waals surface area contributed by atoms with Crippen molar-refractivity contribution < 1.29 is 8.42 Å². The zero-order chi connectivity index (χ0) is 18.7. The van der Waals surface area contributed by atoms with E-state index < -0.39 is 10.0 Å². The van der Waals surface area contributed by atoms with Gasteiger partial charge < -0.3 is 4.90 Å². The quantitative estimate of drug-likeness (QED) is 0.737. The van der Waals surface area contributed by atoms with Crippen LogP contribution in [0.1, 0.15) is 6.42 Å². The normalized spacial score (nSPS) is 16.2. The molecule has 0 aliphatic carbocycles. The van der Waals surface area contributed by atoms with Crippen LogP contribution in [-0.2, 0) is 10.0 Å². The van der Waals surface area contributed by atoms with E-state index in [9.17, 15) is 8.42 Å². The Labute approximate surface area is 157 Å². The molecule has 1 aliphatic rings. The highest BCUT2D eigenvalue weighted by Gasteiger charge is 2.29. The van der Waals surface area contributed by atoms with Gasteiger partial charge in [0.2, 0.25) is 16.0 Å². The second-order valence-corrected chi connectivity index (χ2v) is 8.18. The first-order valence-electron chi connectivity index (χ1n) is 8.76. The monoisotopic (exact) mass is 384 g/mol. The van der Waals surface area contributed by atoms with Gasteiger partial charge in [-0.05, 0) is 18.6 Å². The van der Waals surface area contributed by atoms with Gasteiger partial charge >= 0.3 is 0 Å². The number of aromatic amines is 1. The maximum Gasteiger partial charge on any atom is 0.243 e. The lowest BCUT2D eigenvalue weighted by Crippen LogP contribution is -2.35. The van der Waals surface area contributed by atoms with Crippen molar-refractivity contribution in [1.82, 2.24) is 24.5 Å². The van der Waals surface area contributed by atoms with Crippen LogP contribution in [0.5, 0.6) is 0 Å². The molecule has 1 fully saturated rings. The Morgan fingerprint density at radius 3 is 2.56 bits per heavy atom. The molecule has 27 heavy (non-hydrogen) atoms. The van der Waals surface area contributed by atoms with E-state index in [-0.39, 0.29) is 0 Å². The molecule has 2 aromatic heterocycles. The number of aromatic nitrogens is 4. The van der Waals surface area contributed by atoms with E-state index in [0.29, 0.717) is 42.5 Å². The van der Waals surface area contributed by atoms with E-state index >= 15 is 0 Å². The Balaban J connectivity index is 1.60. The predicted octanol–water partition coefficient (Wildman–Crippen LogP) is 1.77. The number of H-pyrrole nitrogens is 1. The minimum Gasteiger partial charge on any atom is -0.339 e. The summed E-state index contributed by atoms with van der Waals surface area (Å²) in [6.07, 6.45) is 7.44. The summed E-state index contributed by atoms with van der Waals surface area (Å²) < 4.78 is 28.2. The van der Waals surface area contributed by atoms with Crippen molar-refractivity contribution in [3.8, 4) is 11.1 Å². The summed E-state index contributed by atoms with van der Waals surface area (Å²) in [6, 6.07) is 8.81. The number of hydrogen-bond acceptors (Lipinski definition) is 6. The predicted molar refractivity (Wildman–Crippen MR) is 102 cm³/mol. The zero-order valence-electron chi connectivity index (χ0n) is 14.7. The number of nitrogens with zero attached hydrogens (tertiary/aromatic N) is 5. The molecule has 0 saturated carbocycles. The van der Waals surface area contributed by atoms with Crippen molar-refractivity contribution in [3.05, 3.63) is 55.1 Å². The number of anilines is 1. The van der Waals surface area contributed by atoms with Crippen LogP contribution in [0.2, 0.25) is 0 Å². The topological polar surface area (TPSA) is 95.1 Å². The average molecular weight is 384 g/mol. The molecular formula is C18H20N6O2S. The van der Waals surface area contributed by atoms with E-state index in [4.69, 9.17) is 0 Å². The molecule has 0 unspecified atom stereocenters. The summed E-state index contributed by atoms with van der Waals surface area (Å²) >= 11 is 0. The second-order valence-electron chi connectivity index (χ2n) is 6.28. The van der Waals surface area contributed by atoms with Crippen LogP contribution in [0.15, 0.2) is 60.0 Å². The van der Waals surface area contributed by atoms with Gasteiger partial charge in [0.05, 0.1) is 11.1 Å².